The van der Waals surface area contributed by atoms with Crippen LogP contribution in [0.5, 0.6) is 0 Å². The minimum absolute atomic E-state index is 0.0904. The Labute approximate surface area is 138 Å². The highest BCUT2D eigenvalue weighted by atomic mass is 79.9. The predicted molar refractivity (Wildman–Crippen MR) is 91.0 cm³/mol. The van der Waals surface area contributed by atoms with Gasteiger partial charge in [-0.3, -0.25) is 9.89 Å². The van der Waals surface area contributed by atoms with E-state index >= 15 is 0 Å². The zero-order valence-corrected chi connectivity index (χ0v) is 14.5. The van der Waals surface area contributed by atoms with E-state index in [9.17, 15) is 4.79 Å². The third-order valence-electron chi connectivity index (χ3n) is 4.34. The molecule has 118 valence electrons. The summed E-state index contributed by atoms with van der Waals surface area (Å²) in [6.07, 6.45) is 1.99. The number of carbonyl (C=O) groups is 1. The van der Waals surface area contributed by atoms with Crippen LogP contribution in [-0.4, -0.2) is 46.2 Å². The van der Waals surface area contributed by atoms with Gasteiger partial charge >= 0.3 is 0 Å². The molecule has 1 aromatic carbocycles. The molecule has 1 aliphatic heterocycles. The molecule has 2 aromatic rings. The normalized spacial score (nSPS) is 17.3. The van der Waals surface area contributed by atoms with Gasteiger partial charge in [0.25, 0.3) is 5.91 Å². The van der Waals surface area contributed by atoms with E-state index in [1.54, 1.807) is 0 Å². The number of nitrogens with one attached hydrogen (secondary N) is 2. The number of benzene rings is 1. The molecule has 0 unspecified atom stereocenters. The second-order valence-corrected chi connectivity index (χ2v) is 7.06. The molecule has 1 fully saturated rings. The summed E-state index contributed by atoms with van der Waals surface area (Å²) in [7, 11) is 0. The Bertz CT molecular complexity index is 674. The molecule has 0 saturated carbocycles. The second-order valence-electron chi connectivity index (χ2n) is 6.14. The van der Waals surface area contributed by atoms with Gasteiger partial charge in [0.1, 0.15) is 0 Å². The molecule has 0 bridgehead atoms. The topological polar surface area (TPSA) is 61.0 Å². The molecular formula is C16H21BrN4O. The predicted octanol–water partition coefficient (Wildman–Crippen LogP) is 2.93. The summed E-state index contributed by atoms with van der Waals surface area (Å²) in [5.41, 5.74) is 1.35. The van der Waals surface area contributed by atoms with Crippen LogP contribution >= 0.6 is 15.9 Å². The fraction of sp³-hybridized carbons (Fsp3) is 0.500. The van der Waals surface area contributed by atoms with Gasteiger partial charge in [0, 0.05) is 35.0 Å². The fourth-order valence-electron chi connectivity index (χ4n) is 2.97. The lowest BCUT2D eigenvalue weighted by Gasteiger charge is -2.34. The van der Waals surface area contributed by atoms with Crippen molar-refractivity contribution in [3.63, 3.8) is 0 Å². The SMILES string of the molecule is CC(C)N1CCC(NC(=O)c2n[nH]c3ccc(Br)cc23)CC1. The molecule has 2 N–H and O–H groups in total. The summed E-state index contributed by atoms with van der Waals surface area (Å²) < 4.78 is 0.945. The number of hydrogen-bond donors (Lipinski definition) is 2. The van der Waals surface area contributed by atoms with Crippen molar-refractivity contribution in [1.82, 2.24) is 20.4 Å². The molecule has 6 heteroatoms. The third kappa shape index (κ3) is 3.17. The van der Waals surface area contributed by atoms with Crippen LogP contribution < -0.4 is 5.32 Å². The number of likely N-dealkylation sites (tertiary alicyclic amines) is 1. The molecule has 5 nitrogen and oxygen atoms in total. The molecule has 1 aromatic heterocycles. The van der Waals surface area contributed by atoms with E-state index in [1.807, 2.05) is 18.2 Å². The van der Waals surface area contributed by atoms with Crippen molar-refractivity contribution in [3.05, 3.63) is 28.4 Å². The molecule has 1 aliphatic rings. The van der Waals surface area contributed by atoms with Crippen molar-refractivity contribution in [3.8, 4) is 0 Å². The van der Waals surface area contributed by atoms with Crippen LogP contribution in [0.25, 0.3) is 10.9 Å². The maximum absolute atomic E-state index is 12.5. The van der Waals surface area contributed by atoms with Crippen molar-refractivity contribution in [2.24, 2.45) is 0 Å². The van der Waals surface area contributed by atoms with Gasteiger partial charge in [-0.2, -0.15) is 5.10 Å². The van der Waals surface area contributed by atoms with Gasteiger partial charge < -0.3 is 10.2 Å². The van der Waals surface area contributed by atoms with Crippen LogP contribution in [-0.2, 0) is 0 Å². The molecule has 0 spiro atoms. The molecule has 1 amide bonds. The third-order valence-corrected chi connectivity index (χ3v) is 4.83. The van der Waals surface area contributed by atoms with E-state index < -0.39 is 0 Å². The van der Waals surface area contributed by atoms with Crippen molar-refractivity contribution in [2.45, 2.75) is 38.8 Å². The van der Waals surface area contributed by atoms with Crippen molar-refractivity contribution >= 4 is 32.7 Å². The summed E-state index contributed by atoms with van der Waals surface area (Å²) in [6, 6.07) is 6.59. The Morgan fingerprint density at radius 1 is 1.41 bits per heavy atom. The van der Waals surface area contributed by atoms with Crippen molar-refractivity contribution in [2.75, 3.05) is 13.1 Å². The van der Waals surface area contributed by atoms with Crippen LogP contribution in [0.4, 0.5) is 0 Å². The fourth-order valence-corrected chi connectivity index (χ4v) is 3.33. The van der Waals surface area contributed by atoms with Crippen LogP contribution in [0, 0.1) is 0 Å². The Morgan fingerprint density at radius 3 is 2.82 bits per heavy atom. The van der Waals surface area contributed by atoms with Gasteiger partial charge in [0.15, 0.2) is 5.69 Å². The highest BCUT2D eigenvalue weighted by Gasteiger charge is 2.24. The first kappa shape index (κ1) is 15.5. The molecule has 0 radical (unpaired) electrons. The van der Waals surface area contributed by atoms with Gasteiger partial charge in [-0.1, -0.05) is 15.9 Å². The molecule has 1 saturated heterocycles. The molecule has 0 atom stereocenters. The highest BCUT2D eigenvalue weighted by Crippen LogP contribution is 2.21. The van der Waals surface area contributed by atoms with E-state index in [2.05, 4.69) is 50.2 Å². The van der Waals surface area contributed by atoms with E-state index in [0.717, 1.165) is 41.3 Å². The Balaban J connectivity index is 1.68. The van der Waals surface area contributed by atoms with Gasteiger partial charge in [0.2, 0.25) is 0 Å². The average molecular weight is 365 g/mol. The van der Waals surface area contributed by atoms with E-state index in [4.69, 9.17) is 0 Å². The molecule has 22 heavy (non-hydrogen) atoms. The monoisotopic (exact) mass is 364 g/mol. The largest absolute Gasteiger partial charge is 0.348 e. The maximum Gasteiger partial charge on any atom is 0.272 e. The number of carbonyl (C=O) groups excluding carboxylic acids is 1. The van der Waals surface area contributed by atoms with Gasteiger partial charge in [-0.05, 0) is 44.9 Å². The van der Waals surface area contributed by atoms with Crippen LogP contribution in [0.15, 0.2) is 22.7 Å². The highest BCUT2D eigenvalue weighted by molar-refractivity contribution is 9.10. The van der Waals surface area contributed by atoms with Gasteiger partial charge in [-0.25, -0.2) is 0 Å². The van der Waals surface area contributed by atoms with Crippen LogP contribution in [0.1, 0.15) is 37.2 Å². The Hall–Kier alpha value is -1.40. The minimum atomic E-state index is -0.0904. The maximum atomic E-state index is 12.5. The van der Waals surface area contributed by atoms with E-state index in [-0.39, 0.29) is 11.9 Å². The molecule has 0 aliphatic carbocycles. The number of aromatic nitrogens is 2. The zero-order chi connectivity index (χ0) is 15.7. The smallest absolute Gasteiger partial charge is 0.272 e. The van der Waals surface area contributed by atoms with Crippen LogP contribution in [0.2, 0.25) is 0 Å². The average Bonchev–Trinajstić information content (AvgIpc) is 2.90. The van der Waals surface area contributed by atoms with Gasteiger partial charge in [-0.15, -0.1) is 0 Å². The number of hydrogen-bond acceptors (Lipinski definition) is 3. The Kier molecular flexibility index (Phi) is 4.49. The standard InChI is InChI=1S/C16H21BrN4O/c1-10(2)21-7-5-12(6-8-21)18-16(22)15-13-9-11(17)3-4-14(13)19-20-15/h3-4,9-10,12H,5-8H2,1-2H3,(H,18,22)(H,19,20). The molecule has 3 rings (SSSR count). The number of H-pyrrole nitrogens is 1. The summed E-state index contributed by atoms with van der Waals surface area (Å²) in [5, 5.41) is 11.1. The molecular weight excluding hydrogens is 344 g/mol. The van der Waals surface area contributed by atoms with Gasteiger partial charge in [0.05, 0.1) is 5.52 Å². The van der Waals surface area contributed by atoms with E-state index in [0.29, 0.717) is 11.7 Å². The number of amides is 1. The Morgan fingerprint density at radius 2 is 2.14 bits per heavy atom. The number of nitrogens with zero attached hydrogens (tertiary/aromatic N) is 2. The number of aromatic amines is 1. The first-order valence-corrected chi connectivity index (χ1v) is 8.52. The number of halogens is 1. The first-order valence-electron chi connectivity index (χ1n) is 7.73. The lowest BCUT2D eigenvalue weighted by atomic mass is 10.0. The number of fused-ring (bicyclic) bond motifs is 1. The van der Waals surface area contributed by atoms with E-state index in [1.165, 1.54) is 0 Å². The summed E-state index contributed by atoms with van der Waals surface area (Å²) >= 11 is 3.44. The first-order chi connectivity index (χ1) is 10.5. The number of rotatable bonds is 3. The minimum Gasteiger partial charge on any atom is -0.348 e. The lowest BCUT2D eigenvalue weighted by molar-refractivity contribution is 0.0897. The second kappa shape index (κ2) is 6.38. The quantitative estimate of drug-likeness (QED) is 0.879. The molecule has 2 heterocycles. The number of piperidine rings is 1. The van der Waals surface area contributed by atoms with Crippen molar-refractivity contribution in [1.29, 1.82) is 0 Å². The van der Waals surface area contributed by atoms with Crippen molar-refractivity contribution < 1.29 is 4.79 Å². The lowest BCUT2D eigenvalue weighted by Crippen LogP contribution is -2.46. The summed E-state index contributed by atoms with van der Waals surface area (Å²) in [5.74, 6) is -0.0904. The van der Waals surface area contributed by atoms with Crippen LogP contribution in [0.3, 0.4) is 0 Å². The summed E-state index contributed by atoms with van der Waals surface area (Å²) in [6.45, 7) is 6.50. The summed E-state index contributed by atoms with van der Waals surface area (Å²) in [4.78, 5) is 14.9. The zero-order valence-electron chi connectivity index (χ0n) is 12.9.